The third kappa shape index (κ3) is 3.59. The van der Waals surface area contributed by atoms with Crippen molar-refractivity contribution in [3.05, 3.63) is 95.6 Å². The van der Waals surface area contributed by atoms with Crippen LogP contribution in [0.4, 0.5) is 20.0 Å². The van der Waals surface area contributed by atoms with Gasteiger partial charge in [0.1, 0.15) is 5.75 Å². The molecule has 34 heavy (non-hydrogen) atoms. The average Bonchev–Trinajstić information content (AvgIpc) is 2.87. The highest BCUT2D eigenvalue weighted by Crippen LogP contribution is 2.41. The second-order valence-corrected chi connectivity index (χ2v) is 7.86. The van der Waals surface area contributed by atoms with Crippen LogP contribution in [0.25, 0.3) is 28.0 Å². The first kappa shape index (κ1) is 21.4. The van der Waals surface area contributed by atoms with E-state index in [1.165, 1.54) is 13.2 Å². The maximum Gasteiger partial charge on any atom is 0.678 e. The largest absolute Gasteiger partial charge is 0.678 e. The molecule has 0 fully saturated rings. The van der Waals surface area contributed by atoms with E-state index in [0.717, 1.165) is 26.9 Å². The van der Waals surface area contributed by atoms with Gasteiger partial charge in [-0.15, -0.1) is 0 Å². The molecule has 0 aromatic heterocycles. The average molecular weight is 450 g/mol. The zero-order valence-corrected chi connectivity index (χ0v) is 18.1. The Labute approximate surface area is 195 Å². The van der Waals surface area contributed by atoms with Crippen molar-refractivity contribution >= 4 is 41.4 Å². The fourth-order valence-electron chi connectivity index (χ4n) is 4.32. The molecule has 7 heteroatoms. The molecule has 0 atom stereocenters. The van der Waals surface area contributed by atoms with Crippen molar-refractivity contribution in [2.45, 2.75) is 0 Å². The third-order valence-electron chi connectivity index (χ3n) is 5.94. The summed E-state index contributed by atoms with van der Waals surface area (Å²) in [5.74, 6) is 0.229. The van der Waals surface area contributed by atoms with E-state index in [1.807, 2.05) is 24.3 Å². The molecule has 0 saturated carbocycles. The molecular formula is C27H17BF2N2O2. The van der Waals surface area contributed by atoms with Gasteiger partial charge in [-0.1, -0.05) is 24.3 Å². The van der Waals surface area contributed by atoms with Crippen LogP contribution in [-0.2, 0) is 0 Å². The number of hydrogen-bond donors (Lipinski definition) is 0. The monoisotopic (exact) mass is 450 g/mol. The second-order valence-electron chi connectivity index (χ2n) is 7.86. The highest BCUT2D eigenvalue weighted by atomic mass is 19.2. The Balaban J connectivity index is 1.69. The molecule has 0 unspecified atom stereocenters. The van der Waals surface area contributed by atoms with Gasteiger partial charge >= 0.3 is 7.40 Å². The number of nitriles is 1. The lowest BCUT2D eigenvalue weighted by molar-refractivity contribution is 0.104. The van der Waals surface area contributed by atoms with Crippen LogP contribution >= 0.6 is 0 Å². The molecule has 0 radical (unpaired) electrons. The number of halogens is 2. The van der Waals surface area contributed by atoms with Gasteiger partial charge in [-0.25, -0.2) is 0 Å². The van der Waals surface area contributed by atoms with E-state index in [4.69, 9.17) is 10.00 Å². The van der Waals surface area contributed by atoms with Crippen LogP contribution in [0.3, 0.4) is 0 Å². The molecule has 4 aromatic rings. The first-order chi connectivity index (χ1) is 16.5. The number of ether oxygens (including phenoxy) is 1. The lowest BCUT2D eigenvalue weighted by Gasteiger charge is -2.27. The topological polar surface area (TPSA) is 53.3 Å². The van der Waals surface area contributed by atoms with Gasteiger partial charge in [0.05, 0.1) is 24.3 Å². The summed E-state index contributed by atoms with van der Waals surface area (Å²) >= 11 is 0. The van der Waals surface area contributed by atoms with Crippen LogP contribution in [0.2, 0.25) is 0 Å². The van der Waals surface area contributed by atoms with E-state index in [-0.39, 0.29) is 22.7 Å². The molecule has 0 N–H and O–H groups in total. The molecule has 0 bridgehead atoms. The number of nitrogens with zero attached hydrogens (tertiary/aromatic N) is 2. The predicted octanol–water partition coefficient (Wildman–Crippen LogP) is 6.66. The molecular weight excluding hydrogens is 433 g/mol. The highest BCUT2D eigenvalue weighted by molar-refractivity contribution is 6.51. The van der Waals surface area contributed by atoms with Crippen LogP contribution < -0.4 is 9.55 Å². The zero-order chi connectivity index (χ0) is 23.8. The van der Waals surface area contributed by atoms with Crippen molar-refractivity contribution < 1.29 is 18.2 Å². The Bertz CT molecular complexity index is 1490. The molecule has 164 valence electrons. The van der Waals surface area contributed by atoms with Gasteiger partial charge in [-0.05, 0) is 82.7 Å². The summed E-state index contributed by atoms with van der Waals surface area (Å²) < 4.78 is 33.7. The maximum atomic E-state index is 14.3. The fraction of sp³-hybridized carbons (Fsp3) is 0.0370. The number of ketones is 1. The van der Waals surface area contributed by atoms with Crippen LogP contribution in [0.5, 0.6) is 5.75 Å². The van der Waals surface area contributed by atoms with Crippen molar-refractivity contribution in [2.75, 3.05) is 11.9 Å². The standard InChI is InChI=1S/C27H17BF2N2O2/c1-34-23-10-8-22(9-11-23)32(28(29)30)24-12-6-19-14-21(18-4-2-17(16-31)3-5-18)15-20-7-13-25(33)27(24)26(19)20/h2-15H,1H3. The van der Waals surface area contributed by atoms with Gasteiger partial charge in [0.25, 0.3) is 0 Å². The van der Waals surface area contributed by atoms with Crippen molar-refractivity contribution in [2.24, 2.45) is 0 Å². The SMILES string of the molecule is COc1ccc(N(B(F)F)c2ccc3cc(-c4ccc(C#N)cc4)cc4c3c2C(=O)C=C4)cc1. The Morgan fingerprint density at radius 2 is 1.65 bits per heavy atom. The first-order valence-electron chi connectivity index (χ1n) is 10.6. The number of rotatable bonds is 5. The van der Waals surface area contributed by atoms with Gasteiger partial charge in [0.15, 0.2) is 5.78 Å². The second kappa shape index (κ2) is 8.49. The summed E-state index contributed by atoms with van der Waals surface area (Å²) in [5.41, 5.74) is 3.81. The van der Waals surface area contributed by atoms with Crippen molar-refractivity contribution in [3.8, 4) is 22.9 Å². The molecule has 0 saturated heterocycles. The Morgan fingerprint density at radius 3 is 2.29 bits per heavy atom. The van der Waals surface area contributed by atoms with E-state index < -0.39 is 7.40 Å². The van der Waals surface area contributed by atoms with Crippen LogP contribution in [0.15, 0.2) is 78.9 Å². The molecule has 1 aliphatic rings. The van der Waals surface area contributed by atoms with Gasteiger partial charge in [-0.2, -0.15) is 5.26 Å². The van der Waals surface area contributed by atoms with E-state index in [2.05, 4.69) is 6.07 Å². The minimum atomic E-state index is -2.86. The number of allylic oxidation sites excluding steroid dienone is 1. The minimum absolute atomic E-state index is 0.148. The molecule has 0 spiro atoms. The zero-order valence-electron chi connectivity index (χ0n) is 18.1. The number of carbonyl (C=O) groups excluding carboxylic acids is 1. The summed E-state index contributed by atoms with van der Waals surface area (Å²) in [5, 5.41) is 10.5. The van der Waals surface area contributed by atoms with Crippen LogP contribution in [0, 0.1) is 11.3 Å². The molecule has 0 heterocycles. The van der Waals surface area contributed by atoms with Crippen molar-refractivity contribution in [3.63, 3.8) is 0 Å². The first-order valence-corrected chi connectivity index (χ1v) is 10.6. The summed E-state index contributed by atoms with van der Waals surface area (Å²) in [6, 6.07) is 22.8. The number of methoxy groups -OCH3 is 1. The maximum absolute atomic E-state index is 14.3. The van der Waals surface area contributed by atoms with Gasteiger partial charge < -0.3 is 9.55 Å². The lowest BCUT2D eigenvalue weighted by atomic mass is 9.87. The quantitative estimate of drug-likeness (QED) is 0.319. The minimum Gasteiger partial charge on any atom is -0.497 e. The smallest absolute Gasteiger partial charge is 0.497 e. The lowest BCUT2D eigenvalue weighted by Crippen LogP contribution is -2.29. The molecule has 4 nitrogen and oxygen atoms in total. The molecule has 1 aliphatic carbocycles. The summed E-state index contributed by atoms with van der Waals surface area (Å²) in [6.45, 7) is 0. The van der Waals surface area contributed by atoms with Crippen LogP contribution in [0.1, 0.15) is 21.5 Å². The van der Waals surface area contributed by atoms with E-state index in [0.29, 0.717) is 16.7 Å². The van der Waals surface area contributed by atoms with Gasteiger partial charge in [0.2, 0.25) is 0 Å². The third-order valence-corrected chi connectivity index (χ3v) is 5.94. The summed E-state index contributed by atoms with van der Waals surface area (Å²) in [7, 11) is -1.35. The molecule has 0 aliphatic heterocycles. The molecule has 5 rings (SSSR count). The van der Waals surface area contributed by atoms with Crippen LogP contribution in [-0.4, -0.2) is 20.3 Å². The Hall–Kier alpha value is -4.44. The Morgan fingerprint density at radius 1 is 0.912 bits per heavy atom. The van der Waals surface area contributed by atoms with Gasteiger partial charge in [-0.3, -0.25) is 13.4 Å². The molecule has 0 amide bonds. The van der Waals surface area contributed by atoms with Crippen molar-refractivity contribution in [1.82, 2.24) is 0 Å². The van der Waals surface area contributed by atoms with E-state index in [9.17, 15) is 13.4 Å². The number of hydrogen-bond acceptors (Lipinski definition) is 4. The van der Waals surface area contributed by atoms with E-state index >= 15 is 0 Å². The highest BCUT2D eigenvalue weighted by Gasteiger charge is 2.32. The van der Waals surface area contributed by atoms with E-state index in [1.54, 1.807) is 54.6 Å². The Kier molecular flexibility index (Phi) is 5.35. The summed E-state index contributed by atoms with van der Waals surface area (Å²) in [6.07, 6.45) is 3.13. The summed E-state index contributed by atoms with van der Waals surface area (Å²) in [4.78, 5) is 13.8. The normalized spacial score (nSPS) is 11.9. The number of benzene rings is 4. The van der Waals surface area contributed by atoms with Crippen molar-refractivity contribution in [1.29, 1.82) is 5.26 Å². The predicted molar refractivity (Wildman–Crippen MR) is 131 cm³/mol. The van der Waals surface area contributed by atoms with Gasteiger partial charge in [0, 0.05) is 16.8 Å². The number of anilines is 2. The molecule has 4 aromatic carbocycles. The fourth-order valence-corrected chi connectivity index (χ4v) is 4.32. The number of carbonyl (C=O) groups is 1.